The number of carboxylic acids is 1. The van der Waals surface area contributed by atoms with E-state index in [1.807, 2.05) is 13.8 Å². The Morgan fingerprint density at radius 1 is 0.879 bits per heavy atom. The van der Waals surface area contributed by atoms with Crippen molar-refractivity contribution < 1.29 is 34.2 Å². The van der Waals surface area contributed by atoms with E-state index in [4.69, 9.17) is 11.5 Å². The fourth-order valence-electron chi connectivity index (χ4n) is 2.95. The van der Waals surface area contributed by atoms with Gasteiger partial charge >= 0.3 is 5.97 Å². The molecule has 0 heterocycles. The molecule has 9 N–H and O–H groups in total. The number of rotatable bonds is 15. The largest absolute Gasteiger partial charge is 0.480 e. The van der Waals surface area contributed by atoms with E-state index in [0.29, 0.717) is 6.42 Å². The fraction of sp³-hybridized carbons (Fsp3) is 0.762. The Kier molecular flexibility index (Phi) is 13.2. The lowest BCUT2D eigenvalue weighted by Gasteiger charge is -2.28. The lowest BCUT2D eigenvalue weighted by atomic mass is 9.96. The standard InChI is InChI=1S/C21H39N5O7/c1-6-11(4)17(20(31)25-14(21(32)33)9-10(2)3)26-18(29)13(7-8-15(22)28)24-19(30)16(23)12(5)27/h10-14,16-17,27H,6-9,23H2,1-5H3,(H2,22,28)(H,24,30)(H,25,31)(H,26,29)(H,32,33). The Bertz CT molecular complexity index is 698. The van der Waals surface area contributed by atoms with Crippen LogP contribution in [-0.4, -0.2) is 70.1 Å². The molecule has 0 radical (unpaired) electrons. The van der Waals surface area contributed by atoms with E-state index in [2.05, 4.69) is 16.0 Å². The second-order valence-electron chi connectivity index (χ2n) is 8.73. The molecule has 0 aromatic carbocycles. The molecule has 4 amide bonds. The van der Waals surface area contributed by atoms with Crippen molar-refractivity contribution in [3.63, 3.8) is 0 Å². The van der Waals surface area contributed by atoms with Gasteiger partial charge in [0.15, 0.2) is 0 Å². The Morgan fingerprint density at radius 2 is 1.42 bits per heavy atom. The highest BCUT2D eigenvalue weighted by Gasteiger charge is 2.33. The number of hydrogen-bond acceptors (Lipinski definition) is 7. The first-order chi connectivity index (χ1) is 15.2. The predicted molar refractivity (Wildman–Crippen MR) is 120 cm³/mol. The van der Waals surface area contributed by atoms with Crippen molar-refractivity contribution in [3.05, 3.63) is 0 Å². The van der Waals surface area contributed by atoms with Gasteiger partial charge in [0.1, 0.15) is 24.2 Å². The van der Waals surface area contributed by atoms with Gasteiger partial charge in [-0.05, 0) is 31.6 Å². The molecule has 0 saturated carbocycles. The van der Waals surface area contributed by atoms with Crippen molar-refractivity contribution in [1.82, 2.24) is 16.0 Å². The van der Waals surface area contributed by atoms with Crippen LogP contribution in [0.5, 0.6) is 0 Å². The van der Waals surface area contributed by atoms with Crippen molar-refractivity contribution in [1.29, 1.82) is 0 Å². The quantitative estimate of drug-likeness (QED) is 0.150. The monoisotopic (exact) mass is 473 g/mol. The van der Waals surface area contributed by atoms with Crippen LogP contribution >= 0.6 is 0 Å². The van der Waals surface area contributed by atoms with Crippen LogP contribution in [0.25, 0.3) is 0 Å². The summed E-state index contributed by atoms with van der Waals surface area (Å²) in [6.45, 7) is 8.46. The van der Waals surface area contributed by atoms with Crippen LogP contribution in [-0.2, 0) is 24.0 Å². The first-order valence-electron chi connectivity index (χ1n) is 11.1. The van der Waals surface area contributed by atoms with E-state index in [9.17, 15) is 34.2 Å². The fourth-order valence-corrected chi connectivity index (χ4v) is 2.95. The summed E-state index contributed by atoms with van der Waals surface area (Å²) < 4.78 is 0. The lowest BCUT2D eigenvalue weighted by molar-refractivity contribution is -0.143. The van der Waals surface area contributed by atoms with Crippen molar-refractivity contribution >= 4 is 29.6 Å². The molecular formula is C21H39N5O7. The van der Waals surface area contributed by atoms with Crippen LogP contribution in [0.2, 0.25) is 0 Å². The van der Waals surface area contributed by atoms with Crippen LogP contribution in [0.3, 0.4) is 0 Å². The number of primary amides is 1. The Hall–Kier alpha value is -2.73. The van der Waals surface area contributed by atoms with Crippen molar-refractivity contribution in [3.8, 4) is 0 Å². The van der Waals surface area contributed by atoms with E-state index >= 15 is 0 Å². The number of nitrogens with one attached hydrogen (secondary N) is 3. The second-order valence-corrected chi connectivity index (χ2v) is 8.73. The number of amides is 4. The van der Waals surface area contributed by atoms with Gasteiger partial charge in [0.05, 0.1) is 6.10 Å². The minimum absolute atomic E-state index is 0.00885. The minimum Gasteiger partial charge on any atom is -0.480 e. The number of carboxylic acid groups (broad SMARTS) is 1. The molecule has 12 heteroatoms. The van der Waals surface area contributed by atoms with E-state index in [1.54, 1.807) is 13.8 Å². The van der Waals surface area contributed by atoms with Gasteiger partial charge in [-0.15, -0.1) is 0 Å². The average molecular weight is 474 g/mol. The van der Waals surface area contributed by atoms with Crippen molar-refractivity contribution in [2.24, 2.45) is 23.3 Å². The van der Waals surface area contributed by atoms with Gasteiger partial charge in [0.25, 0.3) is 0 Å². The molecule has 0 aromatic heterocycles. The lowest BCUT2D eigenvalue weighted by Crippen LogP contribution is -2.59. The van der Waals surface area contributed by atoms with E-state index < -0.39 is 59.9 Å². The van der Waals surface area contributed by atoms with Crippen molar-refractivity contribution in [2.75, 3.05) is 0 Å². The number of hydrogen-bond donors (Lipinski definition) is 7. The molecule has 0 spiro atoms. The molecule has 0 saturated heterocycles. The average Bonchev–Trinajstić information content (AvgIpc) is 2.71. The van der Waals surface area contributed by atoms with Crippen molar-refractivity contribution in [2.45, 2.75) is 90.6 Å². The third-order valence-corrected chi connectivity index (χ3v) is 5.25. The third-order valence-electron chi connectivity index (χ3n) is 5.25. The van der Waals surface area contributed by atoms with Gasteiger partial charge in [-0.3, -0.25) is 19.2 Å². The van der Waals surface area contributed by atoms with Crippen LogP contribution in [0.1, 0.15) is 60.3 Å². The molecule has 0 bridgehead atoms. The maximum Gasteiger partial charge on any atom is 0.326 e. The van der Waals surface area contributed by atoms with Crippen LogP contribution in [0.15, 0.2) is 0 Å². The van der Waals surface area contributed by atoms with Crippen LogP contribution in [0.4, 0.5) is 0 Å². The Labute approximate surface area is 194 Å². The molecule has 0 rings (SSSR count). The third kappa shape index (κ3) is 11.1. The Balaban J connectivity index is 5.63. The van der Waals surface area contributed by atoms with Gasteiger partial charge in [0, 0.05) is 6.42 Å². The summed E-state index contributed by atoms with van der Waals surface area (Å²) in [5.74, 6) is -4.50. The number of carbonyl (C=O) groups excluding carboxylic acids is 4. The zero-order valence-electron chi connectivity index (χ0n) is 20.0. The summed E-state index contributed by atoms with van der Waals surface area (Å²) in [5, 5.41) is 26.3. The predicted octanol–water partition coefficient (Wildman–Crippen LogP) is -1.41. The smallest absolute Gasteiger partial charge is 0.326 e. The Morgan fingerprint density at radius 3 is 1.85 bits per heavy atom. The minimum atomic E-state index is -1.31. The van der Waals surface area contributed by atoms with E-state index in [1.165, 1.54) is 6.92 Å². The molecule has 0 aliphatic heterocycles. The van der Waals surface area contributed by atoms with Gasteiger partial charge in [-0.1, -0.05) is 34.1 Å². The molecule has 190 valence electrons. The van der Waals surface area contributed by atoms with E-state index in [-0.39, 0.29) is 31.1 Å². The molecule has 6 atom stereocenters. The molecule has 33 heavy (non-hydrogen) atoms. The first kappa shape index (κ1) is 30.3. The number of aliphatic carboxylic acids is 1. The summed E-state index contributed by atoms with van der Waals surface area (Å²) in [7, 11) is 0. The van der Waals surface area contributed by atoms with Crippen LogP contribution in [0, 0.1) is 11.8 Å². The molecule has 12 nitrogen and oxygen atoms in total. The number of aliphatic hydroxyl groups is 1. The molecular weight excluding hydrogens is 434 g/mol. The highest BCUT2D eigenvalue weighted by molar-refractivity contribution is 5.94. The van der Waals surface area contributed by atoms with Crippen LogP contribution < -0.4 is 27.4 Å². The summed E-state index contributed by atoms with van der Waals surface area (Å²) >= 11 is 0. The zero-order valence-corrected chi connectivity index (χ0v) is 20.0. The maximum atomic E-state index is 12.9. The molecule has 0 aliphatic rings. The van der Waals surface area contributed by atoms with Gasteiger partial charge in [-0.2, -0.15) is 0 Å². The molecule has 0 aromatic rings. The van der Waals surface area contributed by atoms with E-state index in [0.717, 1.165) is 0 Å². The number of carbonyl (C=O) groups is 5. The summed E-state index contributed by atoms with van der Waals surface area (Å²) in [5.41, 5.74) is 10.8. The molecule has 6 unspecified atom stereocenters. The summed E-state index contributed by atoms with van der Waals surface area (Å²) in [6.07, 6.45) is -0.864. The molecule has 0 fully saturated rings. The SMILES string of the molecule is CCC(C)C(NC(=O)C(CCC(N)=O)NC(=O)C(N)C(C)O)C(=O)NC(CC(C)C)C(=O)O. The normalized spacial score (nSPS) is 16.6. The maximum absolute atomic E-state index is 12.9. The topological polar surface area (TPSA) is 214 Å². The number of aliphatic hydroxyl groups excluding tert-OH is 1. The zero-order chi connectivity index (χ0) is 25.9. The summed E-state index contributed by atoms with van der Waals surface area (Å²) in [6, 6.07) is -4.78. The second kappa shape index (κ2) is 14.4. The molecule has 0 aliphatic carbocycles. The van der Waals surface area contributed by atoms with Gasteiger partial charge < -0.3 is 37.6 Å². The summed E-state index contributed by atoms with van der Waals surface area (Å²) in [4.78, 5) is 60.8. The van der Waals surface area contributed by atoms with Gasteiger partial charge in [0.2, 0.25) is 23.6 Å². The first-order valence-corrected chi connectivity index (χ1v) is 11.1. The highest BCUT2D eigenvalue weighted by atomic mass is 16.4. The number of nitrogens with two attached hydrogens (primary N) is 2. The van der Waals surface area contributed by atoms with Gasteiger partial charge in [-0.25, -0.2) is 4.79 Å². The highest BCUT2D eigenvalue weighted by Crippen LogP contribution is 2.12.